The van der Waals surface area contributed by atoms with Crippen molar-refractivity contribution in [1.82, 2.24) is 0 Å². The molecule has 2 fully saturated rings. The predicted octanol–water partition coefficient (Wildman–Crippen LogP) is 7.79. The van der Waals surface area contributed by atoms with Crippen molar-refractivity contribution in [3.05, 3.63) is 108 Å². The lowest BCUT2D eigenvalue weighted by Gasteiger charge is -2.32. The molecule has 2 aliphatic heterocycles. The van der Waals surface area contributed by atoms with Crippen LogP contribution in [0.4, 0.5) is 0 Å². The Morgan fingerprint density at radius 3 is 0.841 bits per heavy atom. The van der Waals surface area contributed by atoms with Gasteiger partial charge in [-0.3, -0.25) is 0 Å². The summed E-state index contributed by atoms with van der Waals surface area (Å²) in [6, 6.07) is 34.2. The van der Waals surface area contributed by atoms with Crippen molar-refractivity contribution >= 4 is 37.3 Å². The first-order chi connectivity index (χ1) is 20.7. The lowest BCUT2D eigenvalue weighted by Crippen LogP contribution is -2.41. The van der Waals surface area contributed by atoms with Crippen molar-refractivity contribution in [1.29, 1.82) is 0 Å². The molecule has 0 radical (unpaired) electrons. The summed E-state index contributed by atoms with van der Waals surface area (Å²) in [6.07, 6.45) is 4.30. The van der Waals surface area contributed by atoms with E-state index >= 15 is 0 Å². The minimum absolute atomic E-state index is 0.342. The first kappa shape index (κ1) is 30.6. The van der Waals surface area contributed by atoms with Crippen molar-refractivity contribution in [2.75, 3.05) is 0 Å². The molecule has 224 valence electrons. The van der Waals surface area contributed by atoms with Gasteiger partial charge in [-0.2, -0.15) is 0 Å². The molecule has 0 aromatic heterocycles. The van der Waals surface area contributed by atoms with E-state index in [2.05, 4.69) is 165 Å². The second kappa shape index (κ2) is 11.2. The molecule has 0 atom stereocenters. The molecular weight excluding hydrogens is 542 g/mol. The number of benzene rings is 4. The van der Waals surface area contributed by atoms with Gasteiger partial charge in [-0.15, -0.1) is 0 Å². The first-order valence-corrected chi connectivity index (χ1v) is 15.5. The van der Waals surface area contributed by atoms with E-state index in [-0.39, 0.29) is 36.6 Å². The van der Waals surface area contributed by atoms with E-state index in [1.165, 1.54) is 22.3 Å². The molecule has 0 aliphatic carbocycles. The van der Waals surface area contributed by atoms with Crippen LogP contribution in [0.5, 0.6) is 0 Å². The van der Waals surface area contributed by atoms with Gasteiger partial charge in [0.25, 0.3) is 0 Å². The van der Waals surface area contributed by atoms with Gasteiger partial charge >= 0.3 is 14.2 Å². The molecule has 0 unspecified atom stereocenters. The Hall–Kier alpha value is -3.41. The summed E-state index contributed by atoms with van der Waals surface area (Å²) in [4.78, 5) is 0. The molecule has 2 saturated heterocycles. The molecule has 4 aromatic carbocycles. The van der Waals surface area contributed by atoms with Crippen molar-refractivity contribution in [3.63, 3.8) is 0 Å². The van der Waals surface area contributed by atoms with Crippen molar-refractivity contribution < 1.29 is 18.6 Å². The molecule has 2 aliphatic rings. The monoisotopic (exact) mass is 584 g/mol. The van der Waals surface area contributed by atoms with Gasteiger partial charge in [0, 0.05) is 0 Å². The summed E-state index contributed by atoms with van der Waals surface area (Å²) in [5.41, 5.74) is 7.71. The van der Waals surface area contributed by atoms with Crippen LogP contribution in [0.2, 0.25) is 0 Å². The van der Waals surface area contributed by atoms with Crippen LogP contribution in [-0.4, -0.2) is 36.6 Å². The molecular formula is C38H42B2O4. The van der Waals surface area contributed by atoms with Crippen LogP contribution in [0.25, 0.3) is 34.4 Å². The number of rotatable bonds is 6. The SMILES string of the molecule is CC1(C)OB(c2ccc(-c3ccc(/C=C\c4ccc(-c5ccc(B6OC(C)(C)C(C)(C)O6)cc5)cc4)cc3)cc2)OC1(C)C. The fraction of sp³-hybridized carbons (Fsp3) is 0.316. The minimum atomic E-state index is -0.344. The van der Waals surface area contributed by atoms with Crippen LogP contribution in [0, 0.1) is 0 Å². The average molecular weight is 584 g/mol. The summed E-state index contributed by atoms with van der Waals surface area (Å²) in [5.74, 6) is 0. The molecule has 2 heterocycles. The molecule has 0 amide bonds. The quantitative estimate of drug-likeness (QED) is 0.171. The van der Waals surface area contributed by atoms with Gasteiger partial charge in [0.1, 0.15) is 0 Å². The normalized spacial score (nSPS) is 20.0. The highest BCUT2D eigenvalue weighted by Crippen LogP contribution is 2.37. The third-order valence-electron chi connectivity index (χ3n) is 9.83. The second-order valence-electron chi connectivity index (χ2n) is 14.0. The van der Waals surface area contributed by atoms with Crippen LogP contribution in [-0.2, 0) is 18.6 Å². The molecule has 0 N–H and O–H groups in total. The van der Waals surface area contributed by atoms with Gasteiger partial charge in [0.2, 0.25) is 0 Å². The van der Waals surface area contributed by atoms with Crippen molar-refractivity contribution in [3.8, 4) is 22.3 Å². The zero-order chi connectivity index (χ0) is 31.3. The number of hydrogen-bond acceptors (Lipinski definition) is 4. The summed E-state index contributed by atoms with van der Waals surface area (Å²) in [7, 11) is -0.688. The highest BCUT2D eigenvalue weighted by Gasteiger charge is 2.52. The molecule has 4 nitrogen and oxygen atoms in total. The molecule has 0 saturated carbocycles. The zero-order valence-corrected chi connectivity index (χ0v) is 27.2. The smallest absolute Gasteiger partial charge is 0.399 e. The maximum Gasteiger partial charge on any atom is 0.494 e. The summed E-state index contributed by atoms with van der Waals surface area (Å²) >= 11 is 0. The van der Waals surface area contributed by atoms with Crippen molar-refractivity contribution in [2.45, 2.75) is 77.8 Å². The third-order valence-corrected chi connectivity index (χ3v) is 9.83. The highest BCUT2D eigenvalue weighted by molar-refractivity contribution is 6.62. The Balaban J connectivity index is 1.06. The lowest BCUT2D eigenvalue weighted by atomic mass is 9.78. The maximum absolute atomic E-state index is 6.20. The summed E-state index contributed by atoms with van der Waals surface area (Å²) in [5, 5.41) is 0. The van der Waals surface area contributed by atoms with Crippen LogP contribution in [0.1, 0.15) is 66.5 Å². The number of hydrogen-bond donors (Lipinski definition) is 0. The van der Waals surface area contributed by atoms with E-state index in [4.69, 9.17) is 18.6 Å². The van der Waals surface area contributed by atoms with E-state index in [0.29, 0.717) is 0 Å². The fourth-order valence-electron chi connectivity index (χ4n) is 5.39. The largest absolute Gasteiger partial charge is 0.494 e. The van der Waals surface area contributed by atoms with Crippen LogP contribution in [0.15, 0.2) is 97.1 Å². The summed E-state index contributed by atoms with van der Waals surface area (Å²) < 4.78 is 24.8. The lowest BCUT2D eigenvalue weighted by molar-refractivity contribution is 0.00578. The summed E-state index contributed by atoms with van der Waals surface area (Å²) in [6.45, 7) is 16.6. The Morgan fingerprint density at radius 1 is 0.364 bits per heavy atom. The second-order valence-corrected chi connectivity index (χ2v) is 14.0. The Bertz CT molecular complexity index is 1480. The van der Waals surface area contributed by atoms with Gasteiger partial charge in [0.15, 0.2) is 0 Å². The standard InChI is InChI=1S/C38H42B2O4/c1-35(2)36(3,4)42-39(41-35)33-23-19-31(20-24-33)29-15-11-27(12-16-29)9-10-28-13-17-30(18-14-28)32-21-25-34(26-22-32)40-43-37(5,6)38(7,8)44-40/h9-26H,1-8H3/b10-9-. The van der Waals surface area contributed by atoms with E-state index in [1.807, 2.05) is 0 Å². The fourth-order valence-corrected chi connectivity index (χ4v) is 5.39. The van der Waals surface area contributed by atoms with E-state index in [1.54, 1.807) is 0 Å². The van der Waals surface area contributed by atoms with Gasteiger partial charge in [-0.05, 0) is 99.7 Å². The van der Waals surface area contributed by atoms with Crippen LogP contribution < -0.4 is 10.9 Å². The molecule has 44 heavy (non-hydrogen) atoms. The average Bonchev–Trinajstić information content (AvgIpc) is 3.36. The predicted molar refractivity (Wildman–Crippen MR) is 184 cm³/mol. The van der Waals surface area contributed by atoms with Gasteiger partial charge in [-0.1, -0.05) is 109 Å². The third kappa shape index (κ3) is 5.97. The van der Waals surface area contributed by atoms with Crippen molar-refractivity contribution in [2.24, 2.45) is 0 Å². The zero-order valence-electron chi connectivity index (χ0n) is 27.2. The molecule has 0 spiro atoms. The van der Waals surface area contributed by atoms with E-state index in [9.17, 15) is 0 Å². The highest BCUT2D eigenvalue weighted by atomic mass is 16.7. The Kier molecular flexibility index (Phi) is 7.78. The van der Waals surface area contributed by atoms with Crippen LogP contribution in [0.3, 0.4) is 0 Å². The van der Waals surface area contributed by atoms with E-state index < -0.39 is 0 Å². The molecule has 4 aromatic rings. The molecule has 6 rings (SSSR count). The molecule has 0 bridgehead atoms. The van der Waals surface area contributed by atoms with E-state index in [0.717, 1.165) is 22.1 Å². The van der Waals surface area contributed by atoms with Gasteiger partial charge in [0.05, 0.1) is 22.4 Å². The topological polar surface area (TPSA) is 36.9 Å². The van der Waals surface area contributed by atoms with Gasteiger partial charge < -0.3 is 18.6 Å². The van der Waals surface area contributed by atoms with Crippen LogP contribution >= 0.6 is 0 Å². The molecule has 6 heteroatoms. The minimum Gasteiger partial charge on any atom is -0.399 e. The Morgan fingerprint density at radius 2 is 0.591 bits per heavy atom. The van der Waals surface area contributed by atoms with Gasteiger partial charge in [-0.25, -0.2) is 0 Å². The first-order valence-electron chi connectivity index (χ1n) is 15.5. The Labute approximate surface area is 263 Å². The maximum atomic E-state index is 6.20.